The summed E-state index contributed by atoms with van der Waals surface area (Å²) in [7, 11) is 0. The summed E-state index contributed by atoms with van der Waals surface area (Å²) >= 11 is 0. The van der Waals surface area contributed by atoms with E-state index in [4.69, 9.17) is 17.2 Å². The number of aliphatic hydroxyl groups excluding tert-OH is 1. The molecule has 0 unspecified atom stereocenters. The Morgan fingerprint density at radius 3 is 1.57 bits per heavy atom. The molecular weight excluding hydrogens is 947 g/mol. The lowest BCUT2D eigenvalue weighted by molar-refractivity contribution is -0.143. The Morgan fingerprint density at radius 2 is 1.04 bits per heavy atom. The van der Waals surface area contributed by atoms with E-state index in [1.165, 1.54) is 0 Å². The van der Waals surface area contributed by atoms with Gasteiger partial charge >= 0.3 is 17.9 Å². The molecule has 0 saturated heterocycles. The average molecular weight is 1020 g/mol. The van der Waals surface area contributed by atoms with E-state index in [1.807, 2.05) is 0 Å². The summed E-state index contributed by atoms with van der Waals surface area (Å²) < 4.78 is 0. The van der Waals surface area contributed by atoms with Crippen molar-refractivity contribution in [3.05, 3.63) is 35.9 Å². The van der Waals surface area contributed by atoms with Crippen LogP contribution in [0.25, 0.3) is 0 Å². The summed E-state index contributed by atoms with van der Waals surface area (Å²) in [6, 6.07) is -3.40. The van der Waals surface area contributed by atoms with E-state index in [-0.39, 0.29) is 44.6 Å². The fourth-order valence-corrected chi connectivity index (χ4v) is 6.95. The summed E-state index contributed by atoms with van der Waals surface area (Å²) in [4.78, 5) is 142. The third kappa shape index (κ3) is 24.9. The van der Waals surface area contributed by atoms with Crippen molar-refractivity contribution in [3.63, 3.8) is 0 Å². The first kappa shape index (κ1) is 63.2. The summed E-state index contributed by atoms with van der Waals surface area (Å²) in [5, 5.41) is 57.7. The number of nitrogens with one attached hydrogen (secondary N) is 8. The molecule has 1 rings (SSSR count). The van der Waals surface area contributed by atoms with Gasteiger partial charge < -0.3 is 80.2 Å². The molecule has 1 aromatic rings. The van der Waals surface area contributed by atoms with Crippen LogP contribution < -0.4 is 59.7 Å². The van der Waals surface area contributed by atoms with Crippen molar-refractivity contribution in [3.8, 4) is 0 Å². The molecule has 0 fully saturated rings. The Kier molecular flexibility index (Phi) is 29.6. The lowest BCUT2D eigenvalue weighted by Gasteiger charge is -2.27. The van der Waals surface area contributed by atoms with Crippen molar-refractivity contribution in [2.75, 3.05) is 26.2 Å². The van der Waals surface area contributed by atoms with Gasteiger partial charge in [-0.25, -0.2) is 4.79 Å². The van der Waals surface area contributed by atoms with Crippen LogP contribution in [0.4, 0.5) is 0 Å². The van der Waals surface area contributed by atoms with Crippen molar-refractivity contribution in [1.82, 2.24) is 42.5 Å². The average Bonchev–Trinajstić information content (AvgIpc) is 3.31. The number of hydrogen-bond acceptors (Lipinski definition) is 15. The van der Waals surface area contributed by atoms with Crippen LogP contribution in [-0.4, -0.2) is 160 Å². The third-order valence-corrected chi connectivity index (χ3v) is 10.9. The summed E-state index contributed by atoms with van der Waals surface area (Å²) in [5.41, 5.74) is 17.6. The number of aliphatic carboxylic acids is 3. The van der Waals surface area contributed by atoms with Crippen LogP contribution in [0.3, 0.4) is 0 Å². The Labute approximate surface area is 417 Å². The van der Waals surface area contributed by atoms with Crippen LogP contribution >= 0.6 is 0 Å². The smallest absolute Gasteiger partial charge is 0.326 e. The predicted octanol–water partition coefficient (Wildman–Crippen LogP) is -3.56. The van der Waals surface area contributed by atoms with Crippen LogP contribution in [0.15, 0.2) is 30.3 Å². The molecule has 0 saturated carbocycles. The first-order chi connectivity index (χ1) is 33.9. The summed E-state index contributed by atoms with van der Waals surface area (Å²) in [5.74, 6) is -12.6. The molecule has 0 radical (unpaired) electrons. The summed E-state index contributed by atoms with van der Waals surface area (Å²) in [6.45, 7) is 5.38. The zero-order valence-corrected chi connectivity index (χ0v) is 41.3. The minimum absolute atomic E-state index is 0.0543. The second-order valence-corrected chi connectivity index (χ2v) is 17.9. The number of unbranched alkanes of at least 4 members (excludes halogenated alkanes) is 2. The molecule has 0 aliphatic heterocycles. The maximum atomic E-state index is 13.9. The molecule has 0 heterocycles. The van der Waals surface area contributed by atoms with E-state index in [0.29, 0.717) is 31.4 Å². The van der Waals surface area contributed by atoms with Crippen LogP contribution in [0.5, 0.6) is 0 Å². The zero-order valence-electron chi connectivity index (χ0n) is 41.3. The van der Waals surface area contributed by atoms with Gasteiger partial charge in [-0.2, -0.15) is 0 Å². The molecule has 0 aliphatic carbocycles. The highest BCUT2D eigenvalue weighted by molar-refractivity contribution is 5.98. The van der Waals surface area contributed by atoms with Gasteiger partial charge in [-0.3, -0.25) is 47.9 Å². The number of benzene rings is 1. The van der Waals surface area contributed by atoms with E-state index in [0.717, 1.165) is 0 Å². The predicted molar refractivity (Wildman–Crippen MR) is 259 cm³/mol. The molecule has 26 nitrogen and oxygen atoms in total. The molecule has 0 aromatic heterocycles. The monoisotopic (exact) mass is 1020 g/mol. The van der Waals surface area contributed by atoms with Crippen LogP contribution in [-0.2, 0) is 59.2 Å². The van der Waals surface area contributed by atoms with Gasteiger partial charge in [0, 0.05) is 12.8 Å². The first-order valence-electron chi connectivity index (χ1n) is 23.8. The fraction of sp³-hybridized carbons (Fsp3) is 0.630. The molecule has 8 amide bonds. The number of amides is 8. The number of nitrogens with two attached hydrogens (primary N) is 3. The number of carboxylic acid groups (broad SMARTS) is 3. The fourth-order valence-electron chi connectivity index (χ4n) is 6.95. The minimum Gasteiger partial charge on any atom is -0.481 e. The number of carbonyl (C=O) groups is 11. The SMILES string of the molecule is CC(C)C[C@H](NC(=O)[C@H](CO)NC(=O)[C@H](CCCCN)NC(=O)CNC(=O)[C@H](CC(=O)O)NC(=O)[C@H](Cc1ccccc1)NC(=O)[C@H](CCC(=O)O)NC(=O)[C@@H](N)CCCCN)C(=O)N[C@H](C(=O)O)C(C)C. The van der Waals surface area contributed by atoms with Gasteiger partial charge in [0.1, 0.15) is 42.3 Å². The number of hydrogen-bond donors (Lipinski definition) is 15. The molecule has 72 heavy (non-hydrogen) atoms. The topological polar surface area (TPSA) is 443 Å². The first-order valence-corrected chi connectivity index (χ1v) is 23.8. The minimum atomic E-state index is -1.86. The molecule has 1 aromatic carbocycles. The highest BCUT2D eigenvalue weighted by atomic mass is 16.4. The van der Waals surface area contributed by atoms with Gasteiger partial charge in [0.25, 0.3) is 0 Å². The van der Waals surface area contributed by atoms with E-state index in [1.54, 1.807) is 58.0 Å². The third-order valence-electron chi connectivity index (χ3n) is 10.9. The summed E-state index contributed by atoms with van der Waals surface area (Å²) in [6.07, 6.45) is -0.268. The molecule has 8 atom stereocenters. The Hall–Kier alpha value is -6.77. The zero-order chi connectivity index (χ0) is 54.5. The normalized spacial score (nSPS) is 14.4. The molecule has 404 valence electrons. The quantitative estimate of drug-likeness (QED) is 0.0289. The van der Waals surface area contributed by atoms with Gasteiger partial charge in [-0.15, -0.1) is 0 Å². The number of aliphatic hydroxyl groups is 1. The molecular formula is C46H75N11O15. The molecule has 18 N–H and O–H groups in total. The largest absolute Gasteiger partial charge is 0.481 e. The molecule has 0 spiro atoms. The lowest BCUT2D eigenvalue weighted by Crippen LogP contribution is -2.60. The van der Waals surface area contributed by atoms with Gasteiger partial charge in [0.15, 0.2) is 0 Å². The highest BCUT2D eigenvalue weighted by Crippen LogP contribution is 2.11. The van der Waals surface area contributed by atoms with E-state index >= 15 is 0 Å². The van der Waals surface area contributed by atoms with E-state index < -0.39 is 152 Å². The highest BCUT2D eigenvalue weighted by Gasteiger charge is 2.34. The van der Waals surface area contributed by atoms with Crippen LogP contribution in [0, 0.1) is 11.8 Å². The van der Waals surface area contributed by atoms with Gasteiger partial charge in [0.2, 0.25) is 47.3 Å². The molecule has 0 aliphatic rings. The van der Waals surface area contributed by atoms with Crippen molar-refractivity contribution in [2.45, 2.75) is 147 Å². The Balaban J connectivity index is 3.28. The number of rotatable bonds is 36. The molecule has 0 bridgehead atoms. The van der Waals surface area contributed by atoms with Gasteiger partial charge in [-0.05, 0) is 75.4 Å². The van der Waals surface area contributed by atoms with Crippen molar-refractivity contribution in [2.24, 2.45) is 29.0 Å². The molecule has 26 heteroatoms. The second-order valence-electron chi connectivity index (χ2n) is 17.9. The Bertz CT molecular complexity index is 1970. The van der Waals surface area contributed by atoms with Crippen LogP contribution in [0.1, 0.15) is 97.5 Å². The van der Waals surface area contributed by atoms with E-state index in [9.17, 15) is 73.2 Å². The van der Waals surface area contributed by atoms with Gasteiger partial charge in [0.05, 0.1) is 25.6 Å². The van der Waals surface area contributed by atoms with Gasteiger partial charge in [-0.1, -0.05) is 64.4 Å². The second kappa shape index (κ2) is 33.7. The number of carboxylic acids is 3. The number of carbonyl (C=O) groups excluding carboxylic acids is 8. The van der Waals surface area contributed by atoms with Crippen molar-refractivity contribution >= 4 is 65.2 Å². The van der Waals surface area contributed by atoms with E-state index in [2.05, 4.69) is 42.5 Å². The maximum Gasteiger partial charge on any atom is 0.326 e. The standard InChI is InChI=1S/C46H75N11O15/c1-25(2)20-31(44(69)57-38(26(3)4)46(71)72)53-45(70)34(24-58)56-41(66)29(15-9-11-19-48)51-35(59)23-50-40(65)33(22-37(62)63)55-43(68)32(21-27-12-6-5-7-13-27)54-42(67)30(16-17-36(60)61)52-39(64)28(49)14-8-10-18-47/h5-7,12-13,25-26,28-34,38,58H,8-11,14-24,47-49H2,1-4H3,(H,50,65)(H,51,59)(H,52,64)(H,53,70)(H,54,67)(H,55,68)(H,56,66)(H,57,69)(H,60,61)(H,62,63)(H,71,72)/t28-,29-,30-,31-,32-,33-,34-,38-/m0/s1. The lowest BCUT2D eigenvalue weighted by atomic mass is 10.00. The van der Waals surface area contributed by atoms with Crippen molar-refractivity contribution in [1.29, 1.82) is 0 Å². The van der Waals surface area contributed by atoms with Crippen LogP contribution in [0.2, 0.25) is 0 Å². The van der Waals surface area contributed by atoms with Crippen molar-refractivity contribution < 1.29 is 73.2 Å². The Morgan fingerprint density at radius 1 is 0.542 bits per heavy atom. The maximum absolute atomic E-state index is 13.9.